The predicted octanol–water partition coefficient (Wildman–Crippen LogP) is 3.05. The normalized spacial score (nSPS) is 22.1. The van der Waals surface area contributed by atoms with Crippen LogP contribution in [-0.2, 0) is 29.7 Å². The summed E-state index contributed by atoms with van der Waals surface area (Å²) in [4.78, 5) is 26.1. The van der Waals surface area contributed by atoms with E-state index in [-0.39, 0.29) is 42.3 Å². The average Bonchev–Trinajstić information content (AvgIpc) is 3.26. The van der Waals surface area contributed by atoms with Crippen molar-refractivity contribution in [1.82, 2.24) is 25.1 Å². The van der Waals surface area contributed by atoms with E-state index >= 15 is 0 Å². The number of rotatable bonds is 3. The quantitative estimate of drug-likeness (QED) is 0.730. The monoisotopic (exact) mass is 465 g/mol. The molecule has 0 saturated carbocycles. The SMILES string of the molecule is CCCN1CCc2[nH]cnc2C12CCN(C(=O)[C@H]1Cc3ccccc3CN1)CC2.Cl.Cl. The molecule has 2 aromatic rings. The fourth-order valence-corrected chi connectivity index (χ4v) is 5.62. The molecule has 0 bridgehead atoms. The van der Waals surface area contributed by atoms with Crippen LogP contribution < -0.4 is 5.32 Å². The second-order valence-corrected chi connectivity index (χ2v) is 8.73. The van der Waals surface area contributed by atoms with Crippen molar-refractivity contribution in [2.45, 2.75) is 57.2 Å². The molecule has 1 saturated heterocycles. The number of piperidine rings is 1. The number of likely N-dealkylation sites (tertiary alicyclic amines) is 1. The minimum Gasteiger partial charge on any atom is -0.348 e. The molecule has 0 unspecified atom stereocenters. The van der Waals surface area contributed by atoms with Gasteiger partial charge in [-0.1, -0.05) is 31.2 Å². The number of nitrogens with one attached hydrogen (secondary N) is 2. The van der Waals surface area contributed by atoms with Gasteiger partial charge in [-0.3, -0.25) is 9.69 Å². The van der Waals surface area contributed by atoms with Gasteiger partial charge < -0.3 is 15.2 Å². The number of aromatic nitrogens is 2. The third-order valence-electron chi connectivity index (χ3n) is 7.17. The summed E-state index contributed by atoms with van der Waals surface area (Å²) in [7, 11) is 0. The summed E-state index contributed by atoms with van der Waals surface area (Å²) in [6.07, 6.45) is 6.78. The topological polar surface area (TPSA) is 64.3 Å². The van der Waals surface area contributed by atoms with E-state index < -0.39 is 0 Å². The maximum atomic E-state index is 13.3. The maximum Gasteiger partial charge on any atom is 0.240 e. The Balaban J connectivity index is 0.00000136. The van der Waals surface area contributed by atoms with Crippen molar-refractivity contribution in [3.05, 3.63) is 53.1 Å². The van der Waals surface area contributed by atoms with Crippen molar-refractivity contribution < 1.29 is 4.79 Å². The third kappa shape index (κ3) is 4.23. The summed E-state index contributed by atoms with van der Waals surface area (Å²) >= 11 is 0. The van der Waals surface area contributed by atoms with E-state index in [0.717, 1.165) is 64.8 Å². The van der Waals surface area contributed by atoms with Crippen molar-refractivity contribution in [3.63, 3.8) is 0 Å². The second-order valence-electron chi connectivity index (χ2n) is 8.73. The van der Waals surface area contributed by atoms with Crippen LogP contribution in [0, 0.1) is 0 Å². The number of fused-ring (bicyclic) bond motifs is 3. The number of halogens is 2. The highest BCUT2D eigenvalue weighted by atomic mass is 35.5. The Morgan fingerprint density at radius 1 is 1.16 bits per heavy atom. The highest BCUT2D eigenvalue weighted by Crippen LogP contribution is 2.42. The first-order valence-electron chi connectivity index (χ1n) is 11.1. The minimum atomic E-state index is -0.0991. The Labute approximate surface area is 197 Å². The fourth-order valence-electron chi connectivity index (χ4n) is 5.62. The summed E-state index contributed by atoms with van der Waals surface area (Å²) in [6.45, 7) is 6.83. The number of imidazole rings is 1. The van der Waals surface area contributed by atoms with Gasteiger partial charge in [0.2, 0.25) is 5.91 Å². The molecule has 8 heteroatoms. The molecule has 170 valence electrons. The van der Waals surface area contributed by atoms with Gasteiger partial charge in [0.15, 0.2) is 0 Å². The molecule has 1 atom stereocenters. The lowest BCUT2D eigenvalue weighted by Crippen LogP contribution is -2.59. The van der Waals surface area contributed by atoms with Crippen LogP contribution in [0.3, 0.4) is 0 Å². The molecule has 0 radical (unpaired) electrons. The number of aromatic amines is 1. The van der Waals surface area contributed by atoms with Gasteiger partial charge in [0, 0.05) is 38.3 Å². The van der Waals surface area contributed by atoms with E-state index in [1.807, 2.05) is 6.33 Å². The lowest BCUT2D eigenvalue weighted by atomic mass is 9.78. The smallest absolute Gasteiger partial charge is 0.240 e. The molecule has 0 aliphatic carbocycles. The van der Waals surface area contributed by atoms with Crippen molar-refractivity contribution in [3.8, 4) is 0 Å². The van der Waals surface area contributed by atoms with Crippen LogP contribution in [0.15, 0.2) is 30.6 Å². The Bertz CT molecular complexity index is 894. The van der Waals surface area contributed by atoms with Crippen LogP contribution in [0.25, 0.3) is 0 Å². The van der Waals surface area contributed by atoms with Gasteiger partial charge in [-0.25, -0.2) is 4.98 Å². The highest BCUT2D eigenvalue weighted by Gasteiger charge is 2.47. The lowest BCUT2D eigenvalue weighted by molar-refractivity contribution is -0.137. The molecular weight excluding hydrogens is 433 g/mol. The first kappa shape index (κ1) is 24.1. The van der Waals surface area contributed by atoms with Gasteiger partial charge in [0.05, 0.1) is 23.6 Å². The van der Waals surface area contributed by atoms with Gasteiger partial charge in [-0.2, -0.15) is 0 Å². The fraction of sp³-hybridized carbons (Fsp3) is 0.565. The zero-order chi connectivity index (χ0) is 19.8. The summed E-state index contributed by atoms with van der Waals surface area (Å²) in [5, 5.41) is 3.47. The van der Waals surface area contributed by atoms with Crippen molar-refractivity contribution in [2.75, 3.05) is 26.2 Å². The molecule has 31 heavy (non-hydrogen) atoms. The Hall–Kier alpha value is -1.60. The summed E-state index contributed by atoms with van der Waals surface area (Å²) in [5.74, 6) is 0.259. The van der Waals surface area contributed by atoms with E-state index in [1.165, 1.54) is 22.5 Å². The molecule has 6 nitrogen and oxygen atoms in total. The van der Waals surface area contributed by atoms with Gasteiger partial charge in [-0.15, -0.1) is 24.8 Å². The van der Waals surface area contributed by atoms with Crippen LogP contribution in [0.4, 0.5) is 0 Å². The number of carbonyl (C=O) groups is 1. The van der Waals surface area contributed by atoms with Crippen molar-refractivity contribution in [1.29, 1.82) is 0 Å². The molecule has 3 aliphatic heterocycles. The van der Waals surface area contributed by atoms with E-state index in [2.05, 4.69) is 51.3 Å². The van der Waals surface area contributed by atoms with E-state index in [9.17, 15) is 4.79 Å². The zero-order valence-electron chi connectivity index (χ0n) is 18.1. The van der Waals surface area contributed by atoms with Crippen LogP contribution in [-0.4, -0.2) is 57.9 Å². The molecule has 1 spiro atoms. The molecule has 1 fully saturated rings. The number of hydrogen-bond acceptors (Lipinski definition) is 4. The van der Waals surface area contributed by atoms with Gasteiger partial charge in [0.25, 0.3) is 0 Å². The van der Waals surface area contributed by atoms with E-state index in [1.54, 1.807) is 0 Å². The molecular formula is C23H33Cl2N5O. The second kappa shape index (κ2) is 9.90. The summed E-state index contributed by atoms with van der Waals surface area (Å²) in [5.41, 5.74) is 5.14. The zero-order valence-corrected chi connectivity index (χ0v) is 19.7. The van der Waals surface area contributed by atoms with Crippen molar-refractivity contribution >= 4 is 30.7 Å². The van der Waals surface area contributed by atoms with E-state index in [0.29, 0.717) is 0 Å². The molecule has 4 heterocycles. The molecule has 3 aliphatic rings. The highest BCUT2D eigenvalue weighted by molar-refractivity contribution is 5.85. The first-order chi connectivity index (χ1) is 14.2. The average molecular weight is 466 g/mol. The standard InChI is InChI=1S/C23H31N5O.2ClH/c1-2-10-28-11-7-19-21(26-16-25-19)23(28)8-12-27(13-9-23)22(29)20-14-17-5-3-4-6-18(17)15-24-20;;/h3-6,16,20,24H,2,7-15H2,1H3,(H,25,26);2*1H/t20-;;/m1../s1. The number of amides is 1. The predicted molar refractivity (Wildman–Crippen MR) is 127 cm³/mol. The third-order valence-corrected chi connectivity index (χ3v) is 7.17. The van der Waals surface area contributed by atoms with E-state index in [4.69, 9.17) is 4.98 Å². The molecule has 5 rings (SSSR count). The Morgan fingerprint density at radius 2 is 1.90 bits per heavy atom. The Morgan fingerprint density at radius 3 is 2.65 bits per heavy atom. The first-order valence-corrected chi connectivity index (χ1v) is 11.1. The number of hydrogen-bond donors (Lipinski definition) is 2. The van der Waals surface area contributed by atoms with Crippen molar-refractivity contribution in [2.24, 2.45) is 0 Å². The maximum absolute atomic E-state index is 13.3. The Kier molecular flexibility index (Phi) is 7.68. The molecule has 1 aromatic heterocycles. The van der Waals surface area contributed by atoms with Gasteiger partial charge in [0.1, 0.15) is 0 Å². The van der Waals surface area contributed by atoms with Crippen LogP contribution in [0.2, 0.25) is 0 Å². The minimum absolute atomic E-state index is 0. The molecule has 1 amide bonds. The molecule has 2 N–H and O–H groups in total. The summed E-state index contributed by atoms with van der Waals surface area (Å²) in [6, 6.07) is 8.36. The number of carbonyl (C=O) groups excluding carboxylic acids is 1. The largest absolute Gasteiger partial charge is 0.348 e. The number of nitrogens with zero attached hydrogens (tertiary/aromatic N) is 3. The van der Waals surface area contributed by atoms with Crippen LogP contribution >= 0.6 is 24.8 Å². The summed E-state index contributed by atoms with van der Waals surface area (Å²) < 4.78 is 0. The van der Waals surface area contributed by atoms with Crippen LogP contribution in [0.5, 0.6) is 0 Å². The number of H-pyrrole nitrogens is 1. The van der Waals surface area contributed by atoms with Crippen LogP contribution in [0.1, 0.15) is 48.7 Å². The van der Waals surface area contributed by atoms with Gasteiger partial charge in [-0.05, 0) is 43.4 Å². The lowest BCUT2D eigenvalue weighted by Gasteiger charge is -2.51. The molecule has 1 aromatic carbocycles. The number of benzene rings is 1. The van der Waals surface area contributed by atoms with Gasteiger partial charge >= 0.3 is 0 Å².